The van der Waals surface area contributed by atoms with E-state index in [4.69, 9.17) is 15.5 Å². The summed E-state index contributed by atoms with van der Waals surface area (Å²) < 4.78 is 45.3. The number of hydrogen-bond donors (Lipinski definition) is 1. The second kappa shape index (κ2) is 9.60. The molecule has 0 unspecified atom stereocenters. The average Bonchev–Trinajstić information content (AvgIpc) is 3.65. The summed E-state index contributed by atoms with van der Waals surface area (Å²) in [7, 11) is 1.56. The van der Waals surface area contributed by atoms with Crippen LogP contribution < -0.4 is 10.5 Å². The van der Waals surface area contributed by atoms with Gasteiger partial charge >= 0.3 is 6.18 Å². The average molecular weight is 509 g/mol. The van der Waals surface area contributed by atoms with Crippen molar-refractivity contribution in [3.8, 4) is 17.3 Å². The minimum Gasteiger partial charge on any atom is -0.480 e. The molecule has 1 fully saturated rings. The van der Waals surface area contributed by atoms with Gasteiger partial charge in [0.2, 0.25) is 5.88 Å². The number of allylic oxidation sites excluding steroid dienone is 2. The Morgan fingerprint density at radius 1 is 1.16 bits per heavy atom. The molecule has 0 spiro atoms. The largest absolute Gasteiger partial charge is 0.480 e. The number of alkyl halides is 3. The molecular formula is C25H23F3N8O. The lowest BCUT2D eigenvalue weighted by atomic mass is 10.1. The van der Waals surface area contributed by atoms with E-state index in [9.17, 15) is 13.2 Å². The summed E-state index contributed by atoms with van der Waals surface area (Å²) in [5.41, 5.74) is 8.32. The van der Waals surface area contributed by atoms with Gasteiger partial charge < -0.3 is 15.0 Å². The Morgan fingerprint density at radius 2 is 1.92 bits per heavy atom. The van der Waals surface area contributed by atoms with E-state index < -0.39 is 11.9 Å². The molecule has 0 atom stereocenters. The molecule has 3 heterocycles. The number of aliphatic imine (C=N–C) groups is 1. The van der Waals surface area contributed by atoms with Crippen molar-refractivity contribution in [3.05, 3.63) is 66.1 Å². The molecule has 190 valence electrons. The van der Waals surface area contributed by atoms with Crippen LogP contribution in [0.15, 0.2) is 59.9 Å². The molecule has 0 saturated heterocycles. The van der Waals surface area contributed by atoms with Gasteiger partial charge in [-0.15, -0.1) is 0 Å². The van der Waals surface area contributed by atoms with Gasteiger partial charge in [0.15, 0.2) is 11.5 Å². The van der Waals surface area contributed by atoms with Crippen molar-refractivity contribution < 1.29 is 17.9 Å². The normalized spacial score (nSPS) is 14.8. The first-order valence-electron chi connectivity index (χ1n) is 11.5. The van der Waals surface area contributed by atoms with Crippen LogP contribution in [0.5, 0.6) is 5.88 Å². The Balaban J connectivity index is 1.41. The molecular weight excluding hydrogens is 485 g/mol. The first-order chi connectivity index (χ1) is 17.7. The van der Waals surface area contributed by atoms with Gasteiger partial charge in [-0.25, -0.2) is 24.9 Å². The molecule has 2 N–H and O–H groups in total. The standard InChI is InChI=1S/C25H23F3N8O/c1-14(9-19(29)25(26,27)28)34-17-7-3-15(4-8-17)11-36-13-33-18-10-30-22(35-23(18)36)20-21(16-5-6-16)31-12-32-24(20)37-2/h3-4,7-10,12-13,16H,5-6,11,29H2,1-2H3. The second-order valence-corrected chi connectivity index (χ2v) is 8.71. The first kappa shape index (κ1) is 24.3. The summed E-state index contributed by atoms with van der Waals surface area (Å²) in [5, 5.41) is 0. The molecule has 1 aliphatic rings. The Bertz CT molecular complexity index is 1500. The van der Waals surface area contributed by atoms with E-state index in [1.54, 1.807) is 31.8 Å². The number of halogens is 3. The van der Waals surface area contributed by atoms with Crippen molar-refractivity contribution in [1.29, 1.82) is 0 Å². The van der Waals surface area contributed by atoms with Crippen molar-refractivity contribution in [2.75, 3.05) is 7.11 Å². The van der Waals surface area contributed by atoms with Crippen LogP contribution in [0.3, 0.4) is 0 Å². The lowest BCUT2D eigenvalue weighted by molar-refractivity contribution is -0.0925. The zero-order chi connectivity index (χ0) is 26.2. The summed E-state index contributed by atoms with van der Waals surface area (Å²) in [6.07, 6.45) is 3.18. The monoisotopic (exact) mass is 508 g/mol. The third-order valence-electron chi connectivity index (χ3n) is 5.87. The number of ether oxygens (including phenoxy) is 1. The Morgan fingerprint density at radius 3 is 2.59 bits per heavy atom. The van der Waals surface area contributed by atoms with E-state index in [-0.39, 0.29) is 5.71 Å². The van der Waals surface area contributed by atoms with Crippen LogP contribution >= 0.6 is 0 Å². The first-order valence-corrected chi connectivity index (χ1v) is 11.5. The summed E-state index contributed by atoms with van der Waals surface area (Å²) in [6.45, 7) is 1.93. The van der Waals surface area contributed by atoms with Crippen LogP contribution in [0.1, 0.15) is 36.9 Å². The quantitative estimate of drug-likeness (QED) is 0.359. The van der Waals surface area contributed by atoms with Gasteiger partial charge in [0.05, 0.1) is 37.6 Å². The molecule has 37 heavy (non-hydrogen) atoms. The minimum atomic E-state index is -4.59. The van der Waals surface area contributed by atoms with Crippen molar-refractivity contribution in [3.63, 3.8) is 0 Å². The summed E-state index contributed by atoms with van der Waals surface area (Å²) in [4.78, 5) is 26.6. The number of methoxy groups -OCH3 is 1. The van der Waals surface area contributed by atoms with E-state index >= 15 is 0 Å². The van der Waals surface area contributed by atoms with E-state index in [1.165, 1.54) is 13.3 Å². The van der Waals surface area contributed by atoms with Crippen LogP contribution in [0.2, 0.25) is 0 Å². The van der Waals surface area contributed by atoms with Gasteiger partial charge in [-0.3, -0.25) is 4.99 Å². The molecule has 0 bridgehead atoms. The topological polar surface area (TPSA) is 117 Å². The van der Waals surface area contributed by atoms with Crippen LogP contribution in [-0.2, 0) is 6.54 Å². The fourth-order valence-electron chi connectivity index (χ4n) is 3.92. The summed E-state index contributed by atoms with van der Waals surface area (Å²) in [6, 6.07) is 7.14. The molecule has 1 aliphatic carbocycles. The summed E-state index contributed by atoms with van der Waals surface area (Å²) in [5.74, 6) is 1.25. The van der Waals surface area contributed by atoms with Crippen LogP contribution in [-0.4, -0.2) is 48.5 Å². The minimum absolute atomic E-state index is 0.151. The van der Waals surface area contributed by atoms with Crippen LogP contribution in [0.4, 0.5) is 18.9 Å². The van der Waals surface area contributed by atoms with Gasteiger partial charge in [-0.05, 0) is 43.5 Å². The van der Waals surface area contributed by atoms with Crippen molar-refractivity contribution in [2.24, 2.45) is 10.7 Å². The fourth-order valence-corrected chi connectivity index (χ4v) is 3.92. The Labute approximate surface area is 210 Å². The van der Waals surface area contributed by atoms with E-state index in [0.29, 0.717) is 46.6 Å². The molecule has 4 aromatic rings. The highest BCUT2D eigenvalue weighted by Gasteiger charge is 2.32. The number of benzene rings is 1. The molecule has 9 nitrogen and oxygen atoms in total. The Hall–Kier alpha value is -4.35. The molecule has 0 radical (unpaired) electrons. The molecule has 12 heteroatoms. The van der Waals surface area contributed by atoms with Crippen molar-refractivity contribution in [2.45, 2.75) is 38.4 Å². The van der Waals surface area contributed by atoms with E-state index in [0.717, 1.165) is 30.2 Å². The van der Waals surface area contributed by atoms with Gasteiger partial charge in [-0.1, -0.05) is 12.1 Å². The van der Waals surface area contributed by atoms with Gasteiger partial charge in [0.1, 0.15) is 23.1 Å². The van der Waals surface area contributed by atoms with Crippen LogP contribution in [0.25, 0.3) is 22.6 Å². The van der Waals surface area contributed by atoms with Crippen LogP contribution in [0, 0.1) is 0 Å². The lowest BCUT2D eigenvalue weighted by Gasteiger charge is -2.11. The van der Waals surface area contributed by atoms with Gasteiger partial charge in [0.25, 0.3) is 0 Å². The number of aromatic nitrogens is 6. The zero-order valence-corrected chi connectivity index (χ0v) is 20.1. The fraction of sp³-hybridized carbons (Fsp3) is 0.280. The highest BCUT2D eigenvalue weighted by Crippen LogP contribution is 2.44. The number of hydrogen-bond acceptors (Lipinski definition) is 8. The lowest BCUT2D eigenvalue weighted by Crippen LogP contribution is -2.20. The third-order valence-corrected chi connectivity index (χ3v) is 5.87. The molecule has 1 saturated carbocycles. The second-order valence-electron chi connectivity index (χ2n) is 8.71. The number of imidazole rings is 1. The Kier molecular flexibility index (Phi) is 6.32. The molecule has 0 amide bonds. The SMILES string of the molecule is COc1ncnc(C2CC2)c1-c1ncc2ncn(Cc3ccc(N=C(C)C=C(N)C(F)(F)F)cc3)c2n1. The maximum Gasteiger partial charge on any atom is 0.430 e. The van der Waals surface area contributed by atoms with E-state index in [2.05, 4.69) is 24.9 Å². The number of nitrogens with two attached hydrogens (primary N) is 1. The van der Waals surface area contributed by atoms with Crippen molar-refractivity contribution >= 4 is 22.6 Å². The maximum absolute atomic E-state index is 12.6. The summed E-state index contributed by atoms with van der Waals surface area (Å²) >= 11 is 0. The highest BCUT2D eigenvalue weighted by atomic mass is 19.4. The van der Waals surface area contributed by atoms with Gasteiger partial charge in [-0.2, -0.15) is 13.2 Å². The molecule has 1 aromatic carbocycles. The predicted octanol–water partition coefficient (Wildman–Crippen LogP) is 4.71. The smallest absolute Gasteiger partial charge is 0.430 e. The van der Waals surface area contributed by atoms with E-state index in [1.807, 2.05) is 16.7 Å². The highest BCUT2D eigenvalue weighted by molar-refractivity contribution is 5.95. The molecule has 5 rings (SSSR count). The molecule has 3 aromatic heterocycles. The third kappa shape index (κ3) is 5.27. The number of rotatable bonds is 7. The number of fused-ring (bicyclic) bond motifs is 1. The molecule has 0 aliphatic heterocycles. The maximum atomic E-state index is 12.6. The number of nitrogens with zero attached hydrogens (tertiary/aromatic N) is 7. The van der Waals surface area contributed by atoms with Gasteiger partial charge in [0, 0.05) is 11.6 Å². The zero-order valence-electron chi connectivity index (χ0n) is 20.1. The predicted molar refractivity (Wildman–Crippen MR) is 132 cm³/mol. The van der Waals surface area contributed by atoms with Crippen molar-refractivity contribution in [1.82, 2.24) is 29.5 Å².